The van der Waals surface area contributed by atoms with Gasteiger partial charge in [-0.2, -0.15) is 13.2 Å². The second-order valence-corrected chi connectivity index (χ2v) is 7.96. The third-order valence-electron chi connectivity index (χ3n) is 3.33. The van der Waals surface area contributed by atoms with Crippen LogP contribution in [-0.2, 0) is 11.9 Å². The number of halogens is 4. The molecule has 0 spiro atoms. The Morgan fingerprint density at radius 1 is 1.15 bits per heavy atom. The average molecular weight is 430 g/mol. The Morgan fingerprint density at radius 2 is 1.93 bits per heavy atom. The summed E-state index contributed by atoms with van der Waals surface area (Å²) in [4.78, 5) is 12.2. The maximum absolute atomic E-state index is 12.7. The molecule has 0 bridgehead atoms. The van der Waals surface area contributed by atoms with Crippen LogP contribution in [0.5, 0.6) is 0 Å². The number of aromatic nitrogens is 2. The number of rotatable bonds is 5. The molecule has 3 rings (SSSR count). The van der Waals surface area contributed by atoms with Gasteiger partial charge in [0.15, 0.2) is 4.34 Å². The molecule has 1 heterocycles. The first-order valence-electron chi connectivity index (χ1n) is 7.50. The molecule has 0 aliphatic rings. The van der Waals surface area contributed by atoms with Crippen molar-refractivity contribution in [2.75, 3.05) is 5.32 Å². The van der Waals surface area contributed by atoms with E-state index in [0.29, 0.717) is 15.1 Å². The minimum absolute atomic E-state index is 0.104. The highest BCUT2D eigenvalue weighted by Crippen LogP contribution is 2.31. The summed E-state index contributed by atoms with van der Waals surface area (Å²) >= 11 is 8.49. The van der Waals surface area contributed by atoms with Crippen LogP contribution in [0.1, 0.15) is 21.5 Å². The number of carbonyl (C=O) groups is 1. The predicted octanol–water partition coefficient (Wildman–Crippen LogP) is 5.75. The van der Waals surface area contributed by atoms with Crippen molar-refractivity contribution in [2.45, 2.75) is 16.3 Å². The molecule has 0 atom stereocenters. The quantitative estimate of drug-likeness (QED) is 0.414. The lowest BCUT2D eigenvalue weighted by Gasteiger charge is -2.08. The number of nitrogens with one attached hydrogen (secondary N) is 1. The highest BCUT2D eigenvalue weighted by atomic mass is 35.5. The van der Waals surface area contributed by atoms with Gasteiger partial charge in [0.25, 0.3) is 5.91 Å². The Labute approximate surface area is 165 Å². The van der Waals surface area contributed by atoms with Crippen LogP contribution >= 0.6 is 34.7 Å². The standard InChI is InChI=1S/C17H11ClF3N3OS2/c18-13-6-1-3-10(7-13)9-26-16-24-23-15(27-16)22-14(25)11-4-2-5-12(8-11)17(19,20)21/h1-8H,9H2,(H,22,23,25). The van der Waals surface area contributed by atoms with Crippen molar-refractivity contribution >= 4 is 45.7 Å². The van der Waals surface area contributed by atoms with Gasteiger partial charge in [0, 0.05) is 16.3 Å². The molecular formula is C17H11ClF3N3OS2. The zero-order valence-electron chi connectivity index (χ0n) is 13.5. The first kappa shape index (κ1) is 19.7. The molecule has 0 saturated heterocycles. The van der Waals surface area contributed by atoms with E-state index in [0.717, 1.165) is 29.0 Å². The van der Waals surface area contributed by atoms with Crippen molar-refractivity contribution in [1.82, 2.24) is 10.2 Å². The third kappa shape index (κ3) is 5.44. The maximum atomic E-state index is 12.7. The summed E-state index contributed by atoms with van der Waals surface area (Å²) in [6.07, 6.45) is -4.51. The number of hydrogen-bond acceptors (Lipinski definition) is 5. The van der Waals surface area contributed by atoms with Gasteiger partial charge >= 0.3 is 6.18 Å². The Hall–Kier alpha value is -2.10. The van der Waals surface area contributed by atoms with Crippen molar-refractivity contribution in [1.29, 1.82) is 0 Å². The molecule has 3 aromatic rings. The third-order valence-corrected chi connectivity index (χ3v) is 5.61. The maximum Gasteiger partial charge on any atom is 0.416 e. The molecule has 0 aliphatic carbocycles. The van der Waals surface area contributed by atoms with Crippen LogP contribution in [0.25, 0.3) is 0 Å². The van der Waals surface area contributed by atoms with Crippen LogP contribution < -0.4 is 5.32 Å². The van der Waals surface area contributed by atoms with E-state index in [4.69, 9.17) is 11.6 Å². The molecular weight excluding hydrogens is 419 g/mol. The topological polar surface area (TPSA) is 54.9 Å². The SMILES string of the molecule is O=C(Nc1nnc(SCc2cccc(Cl)c2)s1)c1cccc(C(F)(F)F)c1. The van der Waals surface area contributed by atoms with Crippen molar-refractivity contribution in [2.24, 2.45) is 0 Å². The van der Waals surface area contributed by atoms with E-state index in [1.54, 1.807) is 6.07 Å². The number of alkyl halides is 3. The van der Waals surface area contributed by atoms with Crippen LogP contribution in [0, 0.1) is 0 Å². The fourth-order valence-electron chi connectivity index (χ4n) is 2.10. The Bertz CT molecular complexity index is 962. The van der Waals surface area contributed by atoms with E-state index < -0.39 is 17.6 Å². The van der Waals surface area contributed by atoms with Gasteiger partial charge in [0.2, 0.25) is 5.13 Å². The minimum atomic E-state index is -4.51. The predicted molar refractivity (Wildman–Crippen MR) is 100 cm³/mol. The van der Waals surface area contributed by atoms with E-state index in [9.17, 15) is 18.0 Å². The lowest BCUT2D eigenvalue weighted by molar-refractivity contribution is -0.137. The van der Waals surface area contributed by atoms with Crippen molar-refractivity contribution in [3.05, 3.63) is 70.2 Å². The number of hydrogen-bond donors (Lipinski definition) is 1. The van der Waals surface area contributed by atoms with Gasteiger partial charge in [0.05, 0.1) is 5.56 Å². The van der Waals surface area contributed by atoms with Crippen LogP contribution in [-0.4, -0.2) is 16.1 Å². The second kappa shape index (κ2) is 8.28. The Kier molecular flexibility index (Phi) is 6.03. The summed E-state index contributed by atoms with van der Waals surface area (Å²) in [6.45, 7) is 0. The summed E-state index contributed by atoms with van der Waals surface area (Å²) in [5, 5.41) is 11.1. The average Bonchev–Trinajstić information content (AvgIpc) is 3.07. The van der Waals surface area contributed by atoms with E-state index in [1.165, 1.54) is 23.9 Å². The van der Waals surface area contributed by atoms with Gasteiger partial charge < -0.3 is 0 Å². The zero-order valence-corrected chi connectivity index (χ0v) is 15.8. The first-order chi connectivity index (χ1) is 12.8. The summed E-state index contributed by atoms with van der Waals surface area (Å²) in [7, 11) is 0. The molecule has 140 valence electrons. The number of carbonyl (C=O) groups excluding carboxylic acids is 1. The van der Waals surface area contributed by atoms with Gasteiger partial charge in [-0.3, -0.25) is 10.1 Å². The molecule has 2 aromatic carbocycles. The smallest absolute Gasteiger partial charge is 0.296 e. The van der Waals surface area contributed by atoms with Gasteiger partial charge in [-0.15, -0.1) is 10.2 Å². The van der Waals surface area contributed by atoms with E-state index >= 15 is 0 Å². The first-order valence-corrected chi connectivity index (χ1v) is 9.68. The molecule has 1 amide bonds. The van der Waals surface area contributed by atoms with Gasteiger partial charge in [-0.1, -0.05) is 52.9 Å². The Morgan fingerprint density at radius 3 is 2.67 bits per heavy atom. The Balaban J connectivity index is 1.63. The highest BCUT2D eigenvalue weighted by molar-refractivity contribution is 8.00. The van der Waals surface area contributed by atoms with E-state index in [1.807, 2.05) is 18.2 Å². The number of anilines is 1. The van der Waals surface area contributed by atoms with Crippen molar-refractivity contribution in [3.63, 3.8) is 0 Å². The minimum Gasteiger partial charge on any atom is -0.296 e. The molecule has 4 nitrogen and oxygen atoms in total. The molecule has 0 unspecified atom stereocenters. The van der Waals surface area contributed by atoms with Crippen LogP contribution in [0.15, 0.2) is 52.9 Å². The molecule has 27 heavy (non-hydrogen) atoms. The van der Waals surface area contributed by atoms with Gasteiger partial charge in [-0.25, -0.2) is 0 Å². The van der Waals surface area contributed by atoms with Gasteiger partial charge in [0.1, 0.15) is 0 Å². The van der Waals surface area contributed by atoms with Crippen LogP contribution in [0.2, 0.25) is 5.02 Å². The van der Waals surface area contributed by atoms with E-state index in [-0.39, 0.29) is 10.7 Å². The molecule has 0 saturated carbocycles. The fraction of sp³-hybridized carbons (Fsp3) is 0.118. The van der Waals surface area contributed by atoms with Crippen molar-refractivity contribution < 1.29 is 18.0 Å². The summed E-state index contributed by atoms with van der Waals surface area (Å²) in [6, 6.07) is 11.6. The molecule has 10 heteroatoms. The van der Waals surface area contributed by atoms with Crippen LogP contribution in [0.4, 0.5) is 18.3 Å². The molecule has 1 aromatic heterocycles. The van der Waals surface area contributed by atoms with E-state index in [2.05, 4.69) is 15.5 Å². The lowest BCUT2D eigenvalue weighted by atomic mass is 10.1. The number of thioether (sulfide) groups is 1. The summed E-state index contributed by atoms with van der Waals surface area (Å²) in [5.41, 5.74) is 0.0237. The highest BCUT2D eigenvalue weighted by Gasteiger charge is 2.31. The normalized spacial score (nSPS) is 11.4. The monoisotopic (exact) mass is 429 g/mol. The van der Waals surface area contributed by atoms with Gasteiger partial charge in [-0.05, 0) is 35.9 Å². The largest absolute Gasteiger partial charge is 0.416 e. The summed E-state index contributed by atoms with van der Waals surface area (Å²) < 4.78 is 38.9. The van der Waals surface area contributed by atoms with Crippen LogP contribution in [0.3, 0.4) is 0 Å². The zero-order chi connectivity index (χ0) is 19.4. The summed E-state index contributed by atoms with van der Waals surface area (Å²) in [5.74, 6) is -0.0554. The molecule has 0 radical (unpaired) electrons. The molecule has 0 aliphatic heterocycles. The second-order valence-electron chi connectivity index (χ2n) is 5.32. The number of benzene rings is 2. The molecule has 1 N–H and O–H groups in total. The fourth-order valence-corrected chi connectivity index (χ4v) is 4.00. The number of amides is 1. The number of nitrogens with zero attached hydrogens (tertiary/aromatic N) is 2. The lowest BCUT2D eigenvalue weighted by Crippen LogP contribution is -2.13. The van der Waals surface area contributed by atoms with Crippen molar-refractivity contribution in [3.8, 4) is 0 Å². The molecule has 0 fully saturated rings.